The first-order valence-electron chi connectivity index (χ1n) is 5.87. The molecule has 1 fully saturated rings. The van der Waals surface area contributed by atoms with Gasteiger partial charge in [0, 0.05) is 13.1 Å². The molecule has 1 atom stereocenters. The second kappa shape index (κ2) is 5.84. The van der Waals surface area contributed by atoms with Gasteiger partial charge in [0.1, 0.15) is 0 Å². The highest BCUT2D eigenvalue weighted by molar-refractivity contribution is 5.97. The van der Waals surface area contributed by atoms with E-state index in [9.17, 15) is 9.59 Å². The van der Waals surface area contributed by atoms with E-state index in [1.54, 1.807) is 0 Å². The van der Waals surface area contributed by atoms with Gasteiger partial charge in [-0.1, -0.05) is 13.8 Å². The number of amides is 3. The quantitative estimate of drug-likeness (QED) is 0.729. The van der Waals surface area contributed by atoms with Gasteiger partial charge in [0.05, 0.1) is 6.04 Å². The molecule has 5 heteroatoms. The molecule has 5 nitrogen and oxygen atoms in total. The molecule has 92 valence electrons. The minimum atomic E-state index is -0.521. The van der Waals surface area contributed by atoms with Gasteiger partial charge < -0.3 is 11.1 Å². The molecule has 0 saturated carbocycles. The van der Waals surface area contributed by atoms with E-state index in [-0.39, 0.29) is 11.9 Å². The highest BCUT2D eigenvalue weighted by atomic mass is 16.2. The SMILES string of the molecule is CC(C)CNC(=O)N1CCCC[C@@H](N)C1=O. The fourth-order valence-electron chi connectivity index (χ4n) is 1.66. The van der Waals surface area contributed by atoms with Crippen molar-refractivity contribution >= 4 is 11.9 Å². The van der Waals surface area contributed by atoms with Gasteiger partial charge in [-0.05, 0) is 25.2 Å². The molecule has 0 aromatic carbocycles. The maximum absolute atomic E-state index is 11.8. The highest BCUT2D eigenvalue weighted by Gasteiger charge is 2.28. The summed E-state index contributed by atoms with van der Waals surface area (Å²) in [6.45, 7) is 5.08. The zero-order valence-electron chi connectivity index (χ0n) is 10.0. The van der Waals surface area contributed by atoms with Gasteiger partial charge in [0.15, 0.2) is 0 Å². The lowest BCUT2D eigenvalue weighted by molar-refractivity contribution is -0.129. The minimum absolute atomic E-state index is 0.251. The van der Waals surface area contributed by atoms with Gasteiger partial charge in [-0.25, -0.2) is 4.79 Å². The Balaban J connectivity index is 2.55. The molecule has 1 rings (SSSR count). The predicted molar refractivity (Wildman–Crippen MR) is 61.8 cm³/mol. The Morgan fingerprint density at radius 2 is 2.25 bits per heavy atom. The van der Waals surface area contributed by atoms with Crippen LogP contribution in [0.2, 0.25) is 0 Å². The first-order valence-corrected chi connectivity index (χ1v) is 5.87. The number of nitrogens with two attached hydrogens (primary N) is 1. The van der Waals surface area contributed by atoms with E-state index >= 15 is 0 Å². The Labute approximate surface area is 96.4 Å². The molecule has 1 heterocycles. The largest absolute Gasteiger partial charge is 0.337 e. The van der Waals surface area contributed by atoms with Crippen molar-refractivity contribution in [3.8, 4) is 0 Å². The molecule has 1 aliphatic rings. The molecule has 0 unspecified atom stereocenters. The van der Waals surface area contributed by atoms with Crippen LogP contribution in [-0.2, 0) is 4.79 Å². The third kappa shape index (κ3) is 3.48. The molecule has 1 aliphatic heterocycles. The van der Waals surface area contributed by atoms with Crippen LogP contribution in [0.4, 0.5) is 4.79 Å². The van der Waals surface area contributed by atoms with Crippen LogP contribution in [0.5, 0.6) is 0 Å². The van der Waals surface area contributed by atoms with E-state index in [0.717, 1.165) is 12.8 Å². The number of nitrogens with one attached hydrogen (secondary N) is 1. The summed E-state index contributed by atoms with van der Waals surface area (Å²) in [6.07, 6.45) is 2.42. The van der Waals surface area contributed by atoms with Crippen LogP contribution < -0.4 is 11.1 Å². The Bertz CT molecular complexity index is 266. The molecule has 0 aromatic rings. The smallest absolute Gasteiger partial charge is 0.324 e. The van der Waals surface area contributed by atoms with Crippen LogP contribution in [-0.4, -0.2) is 36.0 Å². The summed E-state index contributed by atoms with van der Waals surface area (Å²) in [7, 11) is 0. The molecular formula is C11H21N3O2. The summed E-state index contributed by atoms with van der Waals surface area (Å²) in [6, 6.07) is -0.830. The Kier molecular flexibility index (Phi) is 4.73. The van der Waals surface area contributed by atoms with Crippen LogP contribution in [0.3, 0.4) is 0 Å². The summed E-state index contributed by atoms with van der Waals surface area (Å²) < 4.78 is 0. The Hall–Kier alpha value is -1.10. The molecule has 0 radical (unpaired) electrons. The molecule has 16 heavy (non-hydrogen) atoms. The number of nitrogens with zero attached hydrogens (tertiary/aromatic N) is 1. The Morgan fingerprint density at radius 1 is 1.56 bits per heavy atom. The molecule has 3 N–H and O–H groups in total. The average molecular weight is 227 g/mol. The number of urea groups is 1. The Morgan fingerprint density at radius 3 is 2.88 bits per heavy atom. The van der Waals surface area contributed by atoms with Gasteiger partial charge >= 0.3 is 6.03 Å². The fourth-order valence-corrected chi connectivity index (χ4v) is 1.66. The van der Waals surface area contributed by atoms with Crippen LogP contribution >= 0.6 is 0 Å². The van der Waals surface area contributed by atoms with Gasteiger partial charge in [-0.15, -0.1) is 0 Å². The van der Waals surface area contributed by atoms with Crippen LogP contribution in [0.15, 0.2) is 0 Å². The van der Waals surface area contributed by atoms with Crippen LogP contribution in [0.1, 0.15) is 33.1 Å². The van der Waals surface area contributed by atoms with E-state index in [0.29, 0.717) is 25.4 Å². The van der Waals surface area contributed by atoms with Crippen LogP contribution in [0.25, 0.3) is 0 Å². The summed E-state index contributed by atoms with van der Waals surface area (Å²) >= 11 is 0. The van der Waals surface area contributed by atoms with Crippen LogP contribution in [0, 0.1) is 5.92 Å². The van der Waals surface area contributed by atoms with Crippen molar-refractivity contribution < 1.29 is 9.59 Å². The number of hydrogen-bond acceptors (Lipinski definition) is 3. The summed E-state index contributed by atoms with van der Waals surface area (Å²) in [5.41, 5.74) is 5.69. The fraction of sp³-hybridized carbons (Fsp3) is 0.818. The molecule has 0 spiro atoms. The van der Waals surface area contributed by atoms with Crippen molar-refractivity contribution in [1.29, 1.82) is 0 Å². The third-order valence-corrected chi connectivity index (χ3v) is 2.64. The van der Waals surface area contributed by atoms with Crippen molar-refractivity contribution in [2.24, 2.45) is 11.7 Å². The van der Waals surface area contributed by atoms with E-state index in [1.165, 1.54) is 4.90 Å². The first kappa shape index (κ1) is 13.0. The molecule has 3 amide bonds. The molecular weight excluding hydrogens is 206 g/mol. The second-order valence-electron chi connectivity index (χ2n) is 4.67. The van der Waals surface area contributed by atoms with Crippen molar-refractivity contribution in [2.75, 3.05) is 13.1 Å². The lowest BCUT2D eigenvalue weighted by atomic mass is 10.1. The van der Waals surface area contributed by atoms with Gasteiger partial charge in [0.2, 0.25) is 5.91 Å². The molecule has 1 saturated heterocycles. The van der Waals surface area contributed by atoms with Gasteiger partial charge in [-0.3, -0.25) is 9.69 Å². The van der Waals surface area contributed by atoms with E-state index in [1.807, 2.05) is 13.8 Å². The van der Waals surface area contributed by atoms with Crippen molar-refractivity contribution in [1.82, 2.24) is 10.2 Å². The maximum atomic E-state index is 11.8. The number of rotatable bonds is 2. The van der Waals surface area contributed by atoms with Crippen molar-refractivity contribution in [3.05, 3.63) is 0 Å². The lowest BCUT2D eigenvalue weighted by Gasteiger charge is -2.21. The zero-order valence-corrected chi connectivity index (χ0v) is 10.0. The van der Waals surface area contributed by atoms with E-state index < -0.39 is 6.04 Å². The average Bonchev–Trinajstić information content (AvgIpc) is 2.39. The number of likely N-dealkylation sites (tertiary alicyclic amines) is 1. The molecule has 0 aliphatic carbocycles. The van der Waals surface area contributed by atoms with E-state index in [2.05, 4.69) is 5.32 Å². The monoisotopic (exact) mass is 227 g/mol. The summed E-state index contributed by atoms with van der Waals surface area (Å²) in [5, 5.41) is 2.74. The number of carbonyl (C=O) groups is 2. The third-order valence-electron chi connectivity index (χ3n) is 2.64. The summed E-state index contributed by atoms with van der Waals surface area (Å²) in [5.74, 6) is 0.124. The number of imide groups is 1. The second-order valence-corrected chi connectivity index (χ2v) is 4.67. The molecule has 0 aromatic heterocycles. The first-order chi connectivity index (χ1) is 7.52. The number of hydrogen-bond donors (Lipinski definition) is 2. The van der Waals surface area contributed by atoms with Gasteiger partial charge in [-0.2, -0.15) is 0 Å². The zero-order chi connectivity index (χ0) is 12.1. The molecule has 0 bridgehead atoms. The van der Waals surface area contributed by atoms with Gasteiger partial charge in [0.25, 0.3) is 0 Å². The highest BCUT2D eigenvalue weighted by Crippen LogP contribution is 2.10. The number of carbonyl (C=O) groups excluding carboxylic acids is 2. The standard InChI is InChI=1S/C11H21N3O2/c1-8(2)7-13-11(16)14-6-4-3-5-9(12)10(14)15/h8-9H,3-7,12H2,1-2H3,(H,13,16)/t9-/m1/s1. The van der Waals surface area contributed by atoms with Crippen molar-refractivity contribution in [3.63, 3.8) is 0 Å². The van der Waals surface area contributed by atoms with E-state index in [4.69, 9.17) is 5.73 Å². The van der Waals surface area contributed by atoms with Crippen molar-refractivity contribution in [2.45, 2.75) is 39.2 Å². The predicted octanol–water partition coefficient (Wildman–Crippen LogP) is 0.692. The normalized spacial score (nSPS) is 22.1. The summed E-state index contributed by atoms with van der Waals surface area (Å²) in [4.78, 5) is 24.8. The lowest BCUT2D eigenvalue weighted by Crippen LogP contribution is -2.50. The maximum Gasteiger partial charge on any atom is 0.324 e. The topological polar surface area (TPSA) is 75.4 Å². The minimum Gasteiger partial charge on any atom is -0.337 e.